The Bertz CT molecular complexity index is 911. The van der Waals surface area contributed by atoms with Gasteiger partial charge in [0.25, 0.3) is 5.91 Å². The van der Waals surface area contributed by atoms with Crippen molar-refractivity contribution in [2.45, 2.75) is 45.6 Å². The van der Waals surface area contributed by atoms with Crippen molar-refractivity contribution in [3.8, 4) is 5.75 Å². The van der Waals surface area contributed by atoms with Crippen LogP contribution in [0, 0.1) is 12.7 Å². The van der Waals surface area contributed by atoms with E-state index in [1.807, 2.05) is 44.2 Å². The molecule has 0 aromatic heterocycles. The van der Waals surface area contributed by atoms with Gasteiger partial charge in [-0.2, -0.15) is 0 Å². The van der Waals surface area contributed by atoms with Crippen molar-refractivity contribution < 1.29 is 13.9 Å². The van der Waals surface area contributed by atoms with E-state index in [1.54, 1.807) is 6.07 Å². The third kappa shape index (κ3) is 8.21. The molecule has 7 heteroatoms. The minimum atomic E-state index is -0.205. The minimum absolute atomic E-state index is 0.0529. The van der Waals surface area contributed by atoms with Crippen LogP contribution in [-0.2, 0) is 17.6 Å². The van der Waals surface area contributed by atoms with Gasteiger partial charge < -0.3 is 20.7 Å². The number of benzene rings is 2. The second-order valence-electron chi connectivity index (χ2n) is 8.03. The van der Waals surface area contributed by atoms with Crippen LogP contribution in [0.15, 0.2) is 47.5 Å². The van der Waals surface area contributed by atoms with Crippen LogP contribution in [0.3, 0.4) is 0 Å². The first-order valence-electron chi connectivity index (χ1n) is 11.3. The van der Waals surface area contributed by atoms with Crippen LogP contribution >= 0.6 is 0 Å². The molecule has 172 valence electrons. The van der Waals surface area contributed by atoms with E-state index in [2.05, 4.69) is 20.9 Å². The zero-order valence-corrected chi connectivity index (χ0v) is 18.9. The molecule has 0 atom stereocenters. The predicted molar refractivity (Wildman–Crippen MR) is 126 cm³/mol. The molecular weight excluding hydrogens is 407 g/mol. The van der Waals surface area contributed by atoms with Gasteiger partial charge in [-0.15, -0.1) is 0 Å². The monoisotopic (exact) mass is 440 g/mol. The number of aryl methyl sites for hydroxylation is 1. The van der Waals surface area contributed by atoms with Gasteiger partial charge in [0.1, 0.15) is 11.6 Å². The smallest absolute Gasteiger partial charge is 0.258 e. The second kappa shape index (κ2) is 12.1. The van der Waals surface area contributed by atoms with Crippen molar-refractivity contribution in [3.05, 3.63) is 65.0 Å². The Hall–Kier alpha value is -3.09. The maximum absolute atomic E-state index is 13.2. The summed E-state index contributed by atoms with van der Waals surface area (Å²) in [6.45, 7) is 6.16. The molecule has 1 aliphatic rings. The molecule has 0 heterocycles. The lowest BCUT2D eigenvalue weighted by atomic mass is 10.1. The van der Waals surface area contributed by atoms with Crippen molar-refractivity contribution in [1.82, 2.24) is 16.0 Å². The second-order valence-corrected chi connectivity index (χ2v) is 8.03. The Kier molecular flexibility index (Phi) is 8.90. The topological polar surface area (TPSA) is 74.8 Å². The van der Waals surface area contributed by atoms with Crippen LogP contribution in [0.5, 0.6) is 5.75 Å². The molecule has 0 bridgehead atoms. The molecule has 0 saturated heterocycles. The van der Waals surface area contributed by atoms with E-state index in [0.717, 1.165) is 55.9 Å². The van der Waals surface area contributed by atoms with Crippen molar-refractivity contribution in [1.29, 1.82) is 0 Å². The number of rotatable bonds is 11. The highest BCUT2D eigenvalue weighted by Gasteiger charge is 2.23. The Labute approximate surface area is 189 Å². The van der Waals surface area contributed by atoms with Gasteiger partial charge in [0.05, 0.1) is 0 Å². The van der Waals surface area contributed by atoms with E-state index < -0.39 is 0 Å². The van der Waals surface area contributed by atoms with Gasteiger partial charge in [0, 0.05) is 25.7 Å². The molecular formula is C25H33FN4O2. The lowest BCUT2D eigenvalue weighted by Crippen LogP contribution is -2.38. The average molecular weight is 441 g/mol. The number of carbonyl (C=O) groups is 1. The first-order chi connectivity index (χ1) is 15.5. The molecule has 6 nitrogen and oxygen atoms in total. The highest BCUT2D eigenvalue weighted by molar-refractivity contribution is 5.79. The molecule has 0 aliphatic heterocycles. The Balaban J connectivity index is 1.40. The normalized spacial score (nSPS) is 13.5. The molecule has 2 aromatic carbocycles. The molecule has 0 radical (unpaired) electrons. The molecule has 1 amide bonds. The van der Waals surface area contributed by atoms with Crippen molar-refractivity contribution in [2.75, 3.05) is 26.2 Å². The fourth-order valence-electron chi connectivity index (χ4n) is 3.29. The third-order valence-electron chi connectivity index (χ3n) is 5.24. The summed E-state index contributed by atoms with van der Waals surface area (Å²) in [4.78, 5) is 16.3. The zero-order chi connectivity index (χ0) is 22.8. The number of nitrogens with one attached hydrogen (secondary N) is 3. The van der Waals surface area contributed by atoms with Crippen LogP contribution in [0.1, 0.15) is 36.5 Å². The first-order valence-corrected chi connectivity index (χ1v) is 11.3. The molecule has 2 aromatic rings. The molecule has 1 fully saturated rings. The van der Waals surface area contributed by atoms with Crippen LogP contribution in [-0.4, -0.2) is 44.1 Å². The minimum Gasteiger partial charge on any atom is -0.484 e. The van der Waals surface area contributed by atoms with Gasteiger partial charge in [-0.25, -0.2) is 4.39 Å². The summed E-state index contributed by atoms with van der Waals surface area (Å²) in [6.07, 6.45) is 3.75. The van der Waals surface area contributed by atoms with E-state index in [1.165, 1.54) is 11.6 Å². The van der Waals surface area contributed by atoms with Crippen LogP contribution in [0.25, 0.3) is 0 Å². The van der Waals surface area contributed by atoms with Gasteiger partial charge in [-0.1, -0.05) is 18.2 Å². The van der Waals surface area contributed by atoms with Crippen molar-refractivity contribution in [3.63, 3.8) is 0 Å². The number of amides is 1. The summed E-state index contributed by atoms with van der Waals surface area (Å²) in [5, 5.41) is 9.52. The number of nitrogens with zero attached hydrogens (tertiary/aromatic N) is 1. The molecule has 3 rings (SSSR count). The van der Waals surface area contributed by atoms with Crippen molar-refractivity contribution >= 4 is 11.9 Å². The number of aliphatic imine (C=N–C) groups is 1. The maximum atomic E-state index is 13.2. The third-order valence-corrected chi connectivity index (χ3v) is 5.24. The fourth-order valence-corrected chi connectivity index (χ4v) is 3.29. The van der Waals surface area contributed by atoms with Gasteiger partial charge in [-0.05, 0) is 80.5 Å². The SMILES string of the molecule is CCNC(=NCCc1ccc(F)cc1C)NCCc1ccc(OCC(=O)NC2CC2)cc1. The Morgan fingerprint density at radius 1 is 1.12 bits per heavy atom. The summed E-state index contributed by atoms with van der Waals surface area (Å²) < 4.78 is 18.8. The van der Waals surface area contributed by atoms with E-state index in [4.69, 9.17) is 4.74 Å². The maximum Gasteiger partial charge on any atom is 0.258 e. The van der Waals surface area contributed by atoms with Crippen LogP contribution in [0.2, 0.25) is 0 Å². The molecule has 32 heavy (non-hydrogen) atoms. The first kappa shape index (κ1) is 23.6. The van der Waals surface area contributed by atoms with Crippen LogP contribution in [0.4, 0.5) is 4.39 Å². The summed E-state index contributed by atoms with van der Waals surface area (Å²) in [6, 6.07) is 13.0. The van der Waals surface area contributed by atoms with Gasteiger partial charge in [-0.3, -0.25) is 9.79 Å². The number of halogens is 1. The number of carbonyl (C=O) groups excluding carboxylic acids is 1. The zero-order valence-electron chi connectivity index (χ0n) is 18.9. The average Bonchev–Trinajstić information content (AvgIpc) is 3.58. The Morgan fingerprint density at radius 3 is 2.59 bits per heavy atom. The number of hydrogen-bond acceptors (Lipinski definition) is 3. The molecule has 1 saturated carbocycles. The molecule has 0 unspecified atom stereocenters. The van der Waals surface area contributed by atoms with Gasteiger partial charge >= 0.3 is 0 Å². The molecule has 3 N–H and O–H groups in total. The number of guanidine groups is 1. The standard InChI is InChI=1S/C25H33FN4O2/c1-3-27-25(29-15-13-20-6-7-21(26)16-18(20)2)28-14-12-19-4-10-23(11-5-19)32-17-24(31)30-22-8-9-22/h4-7,10-11,16,22H,3,8-9,12-15,17H2,1-2H3,(H,30,31)(H2,27,28,29). The van der Waals surface area contributed by atoms with E-state index in [0.29, 0.717) is 18.3 Å². The highest BCUT2D eigenvalue weighted by Crippen LogP contribution is 2.18. The Morgan fingerprint density at radius 2 is 1.91 bits per heavy atom. The quantitative estimate of drug-likeness (QED) is 0.371. The highest BCUT2D eigenvalue weighted by atomic mass is 19.1. The summed E-state index contributed by atoms with van der Waals surface area (Å²) in [5.74, 6) is 1.20. The molecule has 0 spiro atoms. The van der Waals surface area contributed by atoms with E-state index in [-0.39, 0.29) is 18.3 Å². The largest absolute Gasteiger partial charge is 0.484 e. The summed E-state index contributed by atoms with van der Waals surface area (Å²) >= 11 is 0. The lowest BCUT2D eigenvalue weighted by molar-refractivity contribution is -0.123. The lowest BCUT2D eigenvalue weighted by Gasteiger charge is -2.12. The van der Waals surface area contributed by atoms with E-state index in [9.17, 15) is 9.18 Å². The molecule has 1 aliphatic carbocycles. The number of ether oxygens (including phenoxy) is 1. The van der Waals surface area contributed by atoms with Crippen molar-refractivity contribution in [2.24, 2.45) is 4.99 Å². The van der Waals surface area contributed by atoms with Gasteiger partial charge in [0.15, 0.2) is 12.6 Å². The summed E-state index contributed by atoms with van der Waals surface area (Å²) in [5.41, 5.74) is 3.23. The predicted octanol–water partition coefficient (Wildman–Crippen LogP) is 3.13. The van der Waals surface area contributed by atoms with E-state index >= 15 is 0 Å². The van der Waals surface area contributed by atoms with Crippen LogP contribution < -0.4 is 20.7 Å². The fraction of sp³-hybridized carbons (Fsp3) is 0.440. The summed E-state index contributed by atoms with van der Waals surface area (Å²) in [7, 11) is 0. The van der Waals surface area contributed by atoms with Gasteiger partial charge in [0.2, 0.25) is 0 Å². The number of hydrogen-bond donors (Lipinski definition) is 3.